The van der Waals surface area contributed by atoms with Crippen LogP contribution in [0.15, 0.2) is 54.6 Å². The van der Waals surface area contributed by atoms with Crippen molar-refractivity contribution in [2.24, 2.45) is 0 Å². The van der Waals surface area contributed by atoms with Gasteiger partial charge in [-0.3, -0.25) is 4.79 Å². The zero-order valence-corrected chi connectivity index (χ0v) is 11.6. The summed E-state index contributed by atoms with van der Waals surface area (Å²) < 4.78 is 5.12. The Morgan fingerprint density at radius 1 is 1.10 bits per heavy atom. The van der Waals surface area contributed by atoms with Crippen LogP contribution in [-0.4, -0.2) is 18.0 Å². The molecule has 0 aromatic heterocycles. The number of ether oxygens (including phenoxy) is 1. The van der Waals surface area contributed by atoms with Gasteiger partial charge in [-0.05, 0) is 37.3 Å². The Hall–Kier alpha value is -2.82. The van der Waals surface area contributed by atoms with Crippen molar-refractivity contribution in [1.29, 1.82) is 0 Å². The van der Waals surface area contributed by atoms with Crippen LogP contribution in [0, 0.1) is 0 Å². The van der Waals surface area contributed by atoms with Crippen molar-refractivity contribution in [3.8, 4) is 0 Å². The smallest absolute Gasteiger partial charge is 0.338 e. The van der Waals surface area contributed by atoms with E-state index in [2.05, 4.69) is 5.32 Å². The minimum absolute atomic E-state index is 0.314. The second-order valence-electron chi connectivity index (χ2n) is 4.53. The Morgan fingerprint density at radius 3 is 2.48 bits per heavy atom. The van der Waals surface area contributed by atoms with Gasteiger partial charge in [-0.15, -0.1) is 0 Å². The number of para-hydroxylation sites is 1. The van der Waals surface area contributed by atoms with E-state index in [0.717, 1.165) is 0 Å². The van der Waals surface area contributed by atoms with Crippen LogP contribution in [0.4, 0.5) is 11.4 Å². The van der Waals surface area contributed by atoms with Crippen LogP contribution in [0.3, 0.4) is 0 Å². The number of nitrogens with two attached hydrogens (primary N) is 1. The third-order valence-corrected chi connectivity index (χ3v) is 2.82. The Kier molecular flexibility index (Phi) is 4.56. The first-order valence-corrected chi connectivity index (χ1v) is 6.48. The van der Waals surface area contributed by atoms with Gasteiger partial charge in [0.15, 0.2) is 6.10 Å². The molecule has 0 spiro atoms. The van der Waals surface area contributed by atoms with E-state index in [-0.39, 0.29) is 0 Å². The molecule has 2 aromatic carbocycles. The molecular weight excluding hydrogens is 268 g/mol. The lowest BCUT2D eigenvalue weighted by Gasteiger charge is -2.13. The Morgan fingerprint density at radius 2 is 1.81 bits per heavy atom. The number of nitrogens with one attached hydrogen (secondary N) is 1. The van der Waals surface area contributed by atoms with Crippen LogP contribution in [0.25, 0.3) is 0 Å². The van der Waals surface area contributed by atoms with Gasteiger partial charge >= 0.3 is 5.97 Å². The van der Waals surface area contributed by atoms with Crippen molar-refractivity contribution in [1.82, 2.24) is 0 Å². The number of esters is 1. The number of benzene rings is 2. The lowest BCUT2D eigenvalue weighted by Crippen LogP contribution is -2.30. The van der Waals surface area contributed by atoms with E-state index in [1.54, 1.807) is 42.5 Å². The molecule has 1 amide bonds. The first-order valence-electron chi connectivity index (χ1n) is 6.48. The number of hydrogen-bond acceptors (Lipinski definition) is 4. The zero-order chi connectivity index (χ0) is 15.2. The van der Waals surface area contributed by atoms with Gasteiger partial charge < -0.3 is 15.8 Å². The highest BCUT2D eigenvalue weighted by atomic mass is 16.5. The minimum Gasteiger partial charge on any atom is -0.449 e. The molecule has 0 saturated carbocycles. The van der Waals surface area contributed by atoms with E-state index in [1.807, 2.05) is 6.07 Å². The summed E-state index contributed by atoms with van der Waals surface area (Å²) >= 11 is 0. The lowest BCUT2D eigenvalue weighted by atomic mass is 10.2. The summed E-state index contributed by atoms with van der Waals surface area (Å²) in [5.74, 6) is -0.975. The molecular formula is C16H16N2O3. The molecule has 0 radical (unpaired) electrons. The fraction of sp³-hybridized carbons (Fsp3) is 0.125. The van der Waals surface area contributed by atoms with E-state index in [9.17, 15) is 9.59 Å². The van der Waals surface area contributed by atoms with Crippen molar-refractivity contribution in [3.63, 3.8) is 0 Å². The second-order valence-corrected chi connectivity index (χ2v) is 4.53. The van der Waals surface area contributed by atoms with Crippen molar-refractivity contribution in [3.05, 3.63) is 60.2 Å². The molecule has 1 unspecified atom stereocenters. The molecule has 0 saturated heterocycles. The van der Waals surface area contributed by atoms with E-state index in [1.165, 1.54) is 13.0 Å². The molecule has 5 heteroatoms. The van der Waals surface area contributed by atoms with Gasteiger partial charge in [0, 0.05) is 11.4 Å². The van der Waals surface area contributed by atoms with E-state index >= 15 is 0 Å². The molecule has 0 bridgehead atoms. The predicted molar refractivity (Wildman–Crippen MR) is 80.8 cm³/mol. The van der Waals surface area contributed by atoms with Crippen molar-refractivity contribution >= 4 is 23.3 Å². The SMILES string of the molecule is CC(OC(=O)c1cccc(N)c1)C(=O)Nc1ccccc1. The molecule has 2 rings (SSSR count). The second kappa shape index (κ2) is 6.56. The maximum Gasteiger partial charge on any atom is 0.338 e. The van der Waals surface area contributed by atoms with Crippen LogP contribution >= 0.6 is 0 Å². The first kappa shape index (κ1) is 14.6. The zero-order valence-electron chi connectivity index (χ0n) is 11.6. The lowest BCUT2D eigenvalue weighted by molar-refractivity contribution is -0.123. The molecule has 3 N–H and O–H groups in total. The molecule has 108 valence electrons. The van der Waals surface area contributed by atoms with Gasteiger partial charge in [0.25, 0.3) is 5.91 Å². The fourth-order valence-corrected chi connectivity index (χ4v) is 1.71. The number of anilines is 2. The summed E-state index contributed by atoms with van der Waals surface area (Å²) in [4.78, 5) is 23.8. The van der Waals surface area contributed by atoms with Crippen molar-refractivity contribution in [2.75, 3.05) is 11.1 Å². The normalized spacial score (nSPS) is 11.5. The van der Waals surface area contributed by atoms with Crippen LogP contribution in [0.1, 0.15) is 17.3 Å². The molecule has 5 nitrogen and oxygen atoms in total. The summed E-state index contributed by atoms with van der Waals surface area (Å²) in [5.41, 5.74) is 7.03. The molecule has 0 aliphatic carbocycles. The maximum absolute atomic E-state index is 11.9. The fourth-order valence-electron chi connectivity index (χ4n) is 1.71. The molecule has 0 fully saturated rings. The largest absolute Gasteiger partial charge is 0.449 e. The number of amides is 1. The van der Waals surface area contributed by atoms with Gasteiger partial charge in [0.2, 0.25) is 0 Å². The molecule has 0 aliphatic heterocycles. The summed E-state index contributed by atoms with van der Waals surface area (Å²) in [6, 6.07) is 15.4. The number of rotatable bonds is 4. The summed E-state index contributed by atoms with van der Waals surface area (Å²) in [7, 11) is 0. The van der Waals surface area contributed by atoms with Crippen LogP contribution in [0.5, 0.6) is 0 Å². The molecule has 1 atom stereocenters. The van der Waals surface area contributed by atoms with Crippen LogP contribution < -0.4 is 11.1 Å². The topological polar surface area (TPSA) is 81.4 Å². The Balaban J connectivity index is 1.96. The number of nitrogen functional groups attached to an aromatic ring is 1. The van der Waals surface area contributed by atoms with E-state index < -0.39 is 18.0 Å². The van der Waals surface area contributed by atoms with Crippen molar-refractivity contribution < 1.29 is 14.3 Å². The highest BCUT2D eigenvalue weighted by Gasteiger charge is 2.19. The third kappa shape index (κ3) is 4.07. The summed E-state index contributed by atoms with van der Waals surface area (Å²) in [6.45, 7) is 1.52. The van der Waals surface area contributed by atoms with E-state index in [0.29, 0.717) is 16.9 Å². The van der Waals surface area contributed by atoms with Gasteiger partial charge in [0.05, 0.1) is 5.56 Å². The Bertz CT molecular complexity index is 641. The Labute approximate surface area is 122 Å². The molecule has 2 aromatic rings. The standard InChI is InChI=1S/C16H16N2O3/c1-11(15(19)18-14-8-3-2-4-9-14)21-16(20)12-6-5-7-13(17)10-12/h2-11H,17H2,1H3,(H,18,19). The minimum atomic E-state index is -0.904. The maximum atomic E-state index is 11.9. The van der Waals surface area contributed by atoms with Gasteiger partial charge in [-0.2, -0.15) is 0 Å². The number of hydrogen-bond donors (Lipinski definition) is 2. The monoisotopic (exact) mass is 284 g/mol. The quantitative estimate of drug-likeness (QED) is 0.667. The third-order valence-electron chi connectivity index (χ3n) is 2.82. The van der Waals surface area contributed by atoms with Crippen LogP contribution in [0.2, 0.25) is 0 Å². The van der Waals surface area contributed by atoms with Gasteiger partial charge in [0.1, 0.15) is 0 Å². The summed E-state index contributed by atoms with van der Waals surface area (Å²) in [5, 5.41) is 2.67. The van der Waals surface area contributed by atoms with Crippen molar-refractivity contribution in [2.45, 2.75) is 13.0 Å². The molecule has 0 aliphatic rings. The summed E-state index contributed by atoms with van der Waals surface area (Å²) in [6.07, 6.45) is -0.904. The van der Waals surface area contributed by atoms with Crippen LogP contribution in [-0.2, 0) is 9.53 Å². The molecule has 21 heavy (non-hydrogen) atoms. The van der Waals surface area contributed by atoms with Gasteiger partial charge in [-0.1, -0.05) is 24.3 Å². The first-order chi connectivity index (χ1) is 10.1. The average Bonchev–Trinajstić information content (AvgIpc) is 2.48. The number of carbonyl (C=O) groups is 2. The van der Waals surface area contributed by atoms with Gasteiger partial charge in [-0.25, -0.2) is 4.79 Å². The average molecular weight is 284 g/mol. The highest BCUT2D eigenvalue weighted by molar-refractivity contribution is 5.97. The predicted octanol–water partition coefficient (Wildman–Crippen LogP) is 2.45. The van der Waals surface area contributed by atoms with E-state index in [4.69, 9.17) is 10.5 Å². The molecule has 0 heterocycles. The highest BCUT2D eigenvalue weighted by Crippen LogP contribution is 2.11. The number of carbonyl (C=O) groups excluding carboxylic acids is 2.